The summed E-state index contributed by atoms with van der Waals surface area (Å²) in [5, 5.41) is 4.46. The molecule has 0 unspecified atom stereocenters. The highest BCUT2D eigenvalue weighted by Crippen LogP contribution is 2.21. The third-order valence-corrected chi connectivity index (χ3v) is 5.26. The first-order valence-corrected chi connectivity index (χ1v) is 9.36. The summed E-state index contributed by atoms with van der Waals surface area (Å²) in [6.45, 7) is 1.90. The van der Waals surface area contributed by atoms with Crippen LogP contribution in [0.5, 0.6) is 0 Å². The fourth-order valence-corrected chi connectivity index (χ4v) is 3.58. The van der Waals surface area contributed by atoms with E-state index in [4.69, 9.17) is 0 Å². The Hall–Kier alpha value is -3.26. The van der Waals surface area contributed by atoms with Gasteiger partial charge in [0, 0.05) is 30.2 Å². The molecule has 0 radical (unpaired) electrons. The quantitative estimate of drug-likeness (QED) is 0.601. The highest BCUT2D eigenvalue weighted by Gasteiger charge is 2.17. The van der Waals surface area contributed by atoms with E-state index in [2.05, 4.69) is 19.8 Å². The fraction of sp³-hybridized carbons (Fsp3) is 0.0556. The standard InChI is InChI=1S/C18H15N5O2S/c1-13-4-6-15(7-5-13)26(24,25)22-17-8-10-20-18-11-16(21-23(17)18)14-3-2-9-19-12-14/h2-12,22H,1H3. The van der Waals surface area contributed by atoms with Crippen LogP contribution in [0.4, 0.5) is 5.82 Å². The molecule has 0 fully saturated rings. The van der Waals surface area contributed by atoms with E-state index in [9.17, 15) is 8.42 Å². The number of fused-ring (bicyclic) bond motifs is 1. The largest absolute Gasteiger partial charge is 0.264 e. The lowest BCUT2D eigenvalue weighted by atomic mass is 10.2. The van der Waals surface area contributed by atoms with Crippen molar-refractivity contribution in [3.05, 3.63) is 72.7 Å². The molecule has 0 bridgehead atoms. The minimum Gasteiger partial charge on any atom is -0.264 e. The summed E-state index contributed by atoms with van der Waals surface area (Å²) in [6.07, 6.45) is 4.91. The second-order valence-electron chi connectivity index (χ2n) is 5.79. The second-order valence-corrected chi connectivity index (χ2v) is 7.47. The predicted molar refractivity (Wildman–Crippen MR) is 98.2 cm³/mol. The number of hydrogen-bond acceptors (Lipinski definition) is 5. The molecule has 1 N–H and O–H groups in total. The van der Waals surface area contributed by atoms with E-state index < -0.39 is 10.0 Å². The van der Waals surface area contributed by atoms with E-state index in [-0.39, 0.29) is 4.90 Å². The number of anilines is 1. The molecule has 0 atom stereocenters. The summed E-state index contributed by atoms with van der Waals surface area (Å²) in [6, 6.07) is 13.7. The molecule has 3 heterocycles. The number of nitrogens with one attached hydrogen (secondary N) is 1. The summed E-state index contributed by atoms with van der Waals surface area (Å²) in [7, 11) is -3.73. The van der Waals surface area contributed by atoms with Crippen LogP contribution in [-0.2, 0) is 10.0 Å². The molecule has 130 valence electrons. The number of pyridine rings is 1. The number of sulfonamides is 1. The maximum absolute atomic E-state index is 12.7. The first-order valence-electron chi connectivity index (χ1n) is 7.88. The average molecular weight is 365 g/mol. The summed E-state index contributed by atoms with van der Waals surface area (Å²) < 4.78 is 29.3. The molecule has 0 amide bonds. The Morgan fingerprint density at radius 2 is 1.85 bits per heavy atom. The molecule has 4 rings (SSSR count). The highest BCUT2D eigenvalue weighted by molar-refractivity contribution is 7.92. The van der Waals surface area contributed by atoms with Gasteiger partial charge in [-0.3, -0.25) is 9.71 Å². The Balaban J connectivity index is 1.75. The van der Waals surface area contributed by atoms with Crippen LogP contribution in [0.25, 0.3) is 16.9 Å². The lowest BCUT2D eigenvalue weighted by Gasteiger charge is -2.09. The van der Waals surface area contributed by atoms with E-state index in [0.29, 0.717) is 17.2 Å². The molecule has 0 aliphatic heterocycles. The van der Waals surface area contributed by atoms with E-state index >= 15 is 0 Å². The lowest BCUT2D eigenvalue weighted by molar-refractivity contribution is 0.600. The molecule has 26 heavy (non-hydrogen) atoms. The summed E-state index contributed by atoms with van der Waals surface area (Å²) >= 11 is 0. The van der Waals surface area contributed by atoms with Crippen LogP contribution in [0.1, 0.15) is 5.56 Å². The van der Waals surface area contributed by atoms with E-state index in [1.54, 1.807) is 48.8 Å². The Kier molecular flexibility index (Phi) is 3.89. The van der Waals surface area contributed by atoms with Gasteiger partial charge in [-0.15, -0.1) is 0 Å². The van der Waals surface area contributed by atoms with Gasteiger partial charge in [0.05, 0.1) is 10.6 Å². The first kappa shape index (κ1) is 16.2. The van der Waals surface area contributed by atoms with E-state index in [1.807, 2.05) is 19.1 Å². The molecule has 7 nitrogen and oxygen atoms in total. The number of hydrogen-bond donors (Lipinski definition) is 1. The van der Waals surface area contributed by atoms with E-state index in [0.717, 1.165) is 11.1 Å². The Morgan fingerprint density at radius 1 is 1.04 bits per heavy atom. The molecular formula is C18H15N5O2S. The van der Waals surface area contributed by atoms with Crippen LogP contribution >= 0.6 is 0 Å². The Labute approximate surface area is 150 Å². The zero-order valence-corrected chi connectivity index (χ0v) is 14.7. The van der Waals surface area contributed by atoms with Crippen molar-refractivity contribution >= 4 is 21.5 Å². The number of benzene rings is 1. The fourth-order valence-electron chi connectivity index (χ4n) is 2.54. The van der Waals surface area contributed by atoms with Crippen molar-refractivity contribution in [1.29, 1.82) is 0 Å². The van der Waals surface area contributed by atoms with Crippen molar-refractivity contribution in [2.45, 2.75) is 11.8 Å². The Morgan fingerprint density at radius 3 is 2.58 bits per heavy atom. The number of nitrogens with zero attached hydrogens (tertiary/aromatic N) is 4. The molecule has 0 saturated heterocycles. The van der Waals surface area contributed by atoms with Gasteiger partial charge in [0.2, 0.25) is 0 Å². The van der Waals surface area contributed by atoms with Crippen molar-refractivity contribution in [2.75, 3.05) is 4.72 Å². The third-order valence-electron chi connectivity index (χ3n) is 3.89. The number of rotatable bonds is 4. The minimum absolute atomic E-state index is 0.188. The van der Waals surface area contributed by atoms with Crippen LogP contribution in [-0.4, -0.2) is 28.0 Å². The summed E-state index contributed by atoms with van der Waals surface area (Å²) in [5.74, 6) is 0.311. The normalized spacial score (nSPS) is 11.6. The zero-order chi connectivity index (χ0) is 18.1. The summed E-state index contributed by atoms with van der Waals surface area (Å²) in [4.78, 5) is 8.51. The monoisotopic (exact) mass is 365 g/mol. The predicted octanol–water partition coefficient (Wildman–Crippen LogP) is 2.90. The Bertz CT molecular complexity index is 1170. The van der Waals surface area contributed by atoms with Crippen molar-refractivity contribution in [1.82, 2.24) is 19.6 Å². The highest BCUT2D eigenvalue weighted by atomic mass is 32.2. The maximum Gasteiger partial charge on any atom is 0.263 e. The maximum atomic E-state index is 12.7. The molecule has 4 aromatic rings. The first-order chi connectivity index (χ1) is 12.5. The zero-order valence-electron chi connectivity index (χ0n) is 13.9. The smallest absolute Gasteiger partial charge is 0.263 e. The second kappa shape index (κ2) is 6.23. The van der Waals surface area contributed by atoms with Crippen molar-refractivity contribution in [2.24, 2.45) is 0 Å². The average Bonchev–Trinajstić information content (AvgIpc) is 3.08. The van der Waals surface area contributed by atoms with Gasteiger partial charge in [-0.05, 0) is 37.3 Å². The van der Waals surface area contributed by atoms with E-state index in [1.165, 1.54) is 10.7 Å². The SMILES string of the molecule is Cc1ccc(S(=O)(=O)Nc2ccnc3cc(-c4cccnc4)nn23)cc1. The number of aromatic nitrogens is 4. The van der Waals surface area contributed by atoms with Crippen molar-refractivity contribution < 1.29 is 8.42 Å². The van der Waals surface area contributed by atoms with Gasteiger partial charge in [-0.25, -0.2) is 13.4 Å². The van der Waals surface area contributed by atoms with Gasteiger partial charge in [-0.1, -0.05) is 17.7 Å². The molecule has 0 spiro atoms. The molecule has 0 saturated carbocycles. The molecule has 0 aliphatic carbocycles. The van der Waals surface area contributed by atoms with Crippen LogP contribution < -0.4 is 4.72 Å². The van der Waals surface area contributed by atoms with Gasteiger partial charge in [0.1, 0.15) is 5.82 Å². The van der Waals surface area contributed by atoms with Gasteiger partial charge in [0.25, 0.3) is 10.0 Å². The molecule has 8 heteroatoms. The van der Waals surface area contributed by atoms with Crippen LogP contribution in [0.3, 0.4) is 0 Å². The van der Waals surface area contributed by atoms with Crippen LogP contribution in [0.2, 0.25) is 0 Å². The molecule has 0 aliphatic rings. The number of aryl methyl sites for hydroxylation is 1. The lowest BCUT2D eigenvalue weighted by Crippen LogP contribution is -2.15. The molecule has 1 aromatic carbocycles. The minimum atomic E-state index is -3.73. The van der Waals surface area contributed by atoms with Gasteiger partial charge >= 0.3 is 0 Å². The van der Waals surface area contributed by atoms with Crippen LogP contribution in [0, 0.1) is 6.92 Å². The van der Waals surface area contributed by atoms with Gasteiger partial charge in [0.15, 0.2) is 5.65 Å². The van der Waals surface area contributed by atoms with Gasteiger partial charge in [-0.2, -0.15) is 9.61 Å². The molecule has 3 aromatic heterocycles. The van der Waals surface area contributed by atoms with Crippen molar-refractivity contribution in [3.8, 4) is 11.3 Å². The molecular weight excluding hydrogens is 350 g/mol. The van der Waals surface area contributed by atoms with Crippen LogP contribution in [0.15, 0.2) is 72.0 Å². The van der Waals surface area contributed by atoms with Gasteiger partial charge < -0.3 is 0 Å². The third kappa shape index (κ3) is 3.02. The topological polar surface area (TPSA) is 89.2 Å². The van der Waals surface area contributed by atoms with Crippen molar-refractivity contribution in [3.63, 3.8) is 0 Å². The summed E-state index contributed by atoms with van der Waals surface area (Å²) in [5.41, 5.74) is 3.01.